The summed E-state index contributed by atoms with van der Waals surface area (Å²) in [5.74, 6) is -1.54. The van der Waals surface area contributed by atoms with E-state index in [1.54, 1.807) is 24.3 Å². The van der Waals surface area contributed by atoms with Crippen LogP contribution in [0.2, 0.25) is 0 Å². The molecule has 0 radical (unpaired) electrons. The Morgan fingerprint density at radius 3 is 2.11 bits per heavy atom. The van der Waals surface area contributed by atoms with E-state index in [-0.39, 0.29) is 5.75 Å². The molecule has 0 saturated heterocycles. The van der Waals surface area contributed by atoms with Crippen LogP contribution in [-0.2, 0) is 24.3 Å². The number of rotatable bonds is 21. The predicted molar refractivity (Wildman–Crippen MR) is 150 cm³/mol. The van der Waals surface area contributed by atoms with Crippen LogP contribution in [0.4, 0.5) is 11.4 Å². The van der Waals surface area contributed by atoms with Gasteiger partial charge in [-0.25, -0.2) is 8.42 Å². The quantitative estimate of drug-likeness (QED) is 0.107. The lowest BCUT2D eigenvalue weighted by molar-refractivity contribution is -0.138. The molecule has 0 aromatic heterocycles. The smallest absolute Gasteiger partial charge is 0.327 e. The number of benzene rings is 1. The van der Waals surface area contributed by atoms with Crippen molar-refractivity contribution in [1.82, 2.24) is 15.6 Å². The number of hydrogen-bond acceptors (Lipinski definition) is 7. The Bertz CT molecular complexity index is 861. The Balaban J connectivity index is 2.24. The molecule has 1 aromatic rings. The van der Waals surface area contributed by atoms with Crippen molar-refractivity contribution < 1.29 is 22.7 Å². The van der Waals surface area contributed by atoms with Gasteiger partial charge in [-0.15, -0.1) is 0 Å². The number of ether oxygens (including phenoxy) is 1. The average molecular weight is 542 g/mol. The van der Waals surface area contributed by atoms with Crippen molar-refractivity contribution >= 4 is 33.2 Å². The van der Waals surface area contributed by atoms with E-state index in [2.05, 4.69) is 46.6 Å². The summed E-state index contributed by atoms with van der Waals surface area (Å²) >= 11 is 0. The zero-order valence-electron chi connectivity index (χ0n) is 22.8. The lowest BCUT2D eigenvalue weighted by atomic mass is 10.1. The van der Waals surface area contributed by atoms with E-state index in [0.717, 1.165) is 38.9 Å². The Labute approximate surface area is 223 Å². The maximum Gasteiger partial charge on any atom is 0.327 e. The van der Waals surface area contributed by atoms with Gasteiger partial charge in [-0.1, -0.05) is 52.9 Å². The Kier molecular flexibility index (Phi) is 17.4. The molecule has 0 atom stereocenters. The van der Waals surface area contributed by atoms with E-state index in [9.17, 15) is 18.0 Å². The number of carbonyl (C=O) groups excluding carboxylic acids is 2. The van der Waals surface area contributed by atoms with Crippen LogP contribution in [0, 0.1) is 0 Å². The van der Waals surface area contributed by atoms with Crippen LogP contribution in [0.15, 0.2) is 24.3 Å². The molecule has 11 heteroatoms. The van der Waals surface area contributed by atoms with E-state index in [1.165, 1.54) is 25.7 Å². The third-order valence-electron chi connectivity index (χ3n) is 5.86. The summed E-state index contributed by atoms with van der Waals surface area (Å²) in [4.78, 5) is 26.1. The summed E-state index contributed by atoms with van der Waals surface area (Å²) in [5, 5.41) is 2.59. The van der Waals surface area contributed by atoms with Crippen molar-refractivity contribution in [2.45, 2.75) is 72.1 Å². The molecule has 2 amide bonds. The van der Waals surface area contributed by atoms with Crippen LogP contribution in [0.25, 0.3) is 0 Å². The molecule has 0 fully saturated rings. The number of nitrogens with one attached hydrogen (secondary N) is 4. The van der Waals surface area contributed by atoms with Crippen molar-refractivity contribution in [1.29, 1.82) is 0 Å². The lowest BCUT2D eigenvalue weighted by Gasteiger charge is -2.17. The molecule has 10 nitrogen and oxygen atoms in total. The minimum Gasteiger partial charge on any atom is -0.381 e. The van der Waals surface area contributed by atoms with Gasteiger partial charge >= 0.3 is 11.8 Å². The molecule has 0 aliphatic heterocycles. The second-order valence-electron chi connectivity index (χ2n) is 8.95. The molecule has 0 spiro atoms. The van der Waals surface area contributed by atoms with Crippen molar-refractivity contribution in [3.8, 4) is 0 Å². The van der Waals surface area contributed by atoms with Crippen LogP contribution in [0.5, 0.6) is 0 Å². The standard InChI is InChI=1S/C26H47N5O5S/c1-4-7-8-9-10-11-20-36-21-13-22-37(34,35)30-24-16-14-23(15-17-24)28-29-26(33)25(32)27-18-12-19-31(5-2)6-3/h14-17,28,30H,4-13,18-22H2,1-3H3,(H,27,32)(H,29,33). The fourth-order valence-electron chi connectivity index (χ4n) is 3.60. The fraction of sp³-hybridized carbons (Fsp3) is 0.692. The number of nitrogens with zero attached hydrogens (tertiary/aromatic N) is 1. The SMILES string of the molecule is CCCCCCCCOCCCS(=O)(=O)Nc1ccc(NNC(=O)C(=O)NCCCN(CC)CC)cc1. The molecular weight excluding hydrogens is 494 g/mol. The molecule has 0 bridgehead atoms. The predicted octanol–water partition coefficient (Wildman–Crippen LogP) is 3.49. The number of amides is 2. The summed E-state index contributed by atoms with van der Waals surface area (Å²) < 4.78 is 32.7. The Morgan fingerprint density at radius 2 is 1.43 bits per heavy atom. The van der Waals surface area contributed by atoms with Crippen LogP contribution in [-0.4, -0.2) is 70.3 Å². The Morgan fingerprint density at radius 1 is 0.811 bits per heavy atom. The summed E-state index contributed by atoms with van der Waals surface area (Å²) in [7, 11) is -3.49. The molecule has 37 heavy (non-hydrogen) atoms. The highest BCUT2D eigenvalue weighted by Gasteiger charge is 2.13. The van der Waals surface area contributed by atoms with Crippen LogP contribution < -0.4 is 20.9 Å². The number of hydrogen-bond donors (Lipinski definition) is 4. The largest absolute Gasteiger partial charge is 0.381 e. The summed E-state index contributed by atoms with van der Waals surface area (Å²) in [6.07, 6.45) is 8.35. The first-order valence-corrected chi connectivity index (χ1v) is 15.2. The number of unbranched alkanes of at least 4 members (excludes halogenated alkanes) is 5. The molecule has 1 aromatic carbocycles. The highest BCUT2D eigenvalue weighted by molar-refractivity contribution is 7.92. The number of carbonyl (C=O) groups is 2. The van der Waals surface area contributed by atoms with Crippen molar-refractivity contribution in [3.05, 3.63) is 24.3 Å². The molecule has 212 valence electrons. The van der Waals surface area contributed by atoms with Gasteiger partial charge in [-0.2, -0.15) is 0 Å². The average Bonchev–Trinajstić information content (AvgIpc) is 2.89. The van der Waals surface area contributed by atoms with Gasteiger partial charge in [-0.05, 0) is 63.2 Å². The molecule has 4 N–H and O–H groups in total. The van der Waals surface area contributed by atoms with Crippen LogP contribution >= 0.6 is 0 Å². The highest BCUT2D eigenvalue weighted by atomic mass is 32.2. The van der Waals surface area contributed by atoms with Gasteiger partial charge in [0.1, 0.15) is 0 Å². The maximum atomic E-state index is 12.3. The van der Waals surface area contributed by atoms with Gasteiger partial charge in [0.15, 0.2) is 0 Å². The molecule has 0 aliphatic rings. The first kappa shape index (κ1) is 32.7. The topological polar surface area (TPSA) is 129 Å². The lowest BCUT2D eigenvalue weighted by Crippen LogP contribution is -2.43. The normalized spacial score (nSPS) is 11.4. The van der Waals surface area contributed by atoms with Crippen LogP contribution in [0.1, 0.15) is 72.1 Å². The maximum absolute atomic E-state index is 12.3. The molecule has 0 aliphatic carbocycles. The van der Waals surface area contributed by atoms with E-state index in [4.69, 9.17) is 4.74 Å². The zero-order chi connectivity index (χ0) is 27.4. The Hall–Kier alpha value is -2.37. The van der Waals surface area contributed by atoms with Crippen molar-refractivity contribution in [2.75, 3.05) is 55.3 Å². The third-order valence-corrected chi connectivity index (χ3v) is 7.23. The first-order chi connectivity index (χ1) is 17.8. The van der Waals surface area contributed by atoms with Gasteiger partial charge < -0.3 is 15.0 Å². The van der Waals surface area contributed by atoms with Gasteiger partial charge in [-0.3, -0.25) is 25.2 Å². The van der Waals surface area contributed by atoms with Crippen LogP contribution in [0.3, 0.4) is 0 Å². The number of sulfonamides is 1. The monoisotopic (exact) mass is 541 g/mol. The highest BCUT2D eigenvalue weighted by Crippen LogP contribution is 2.14. The van der Waals surface area contributed by atoms with Crippen molar-refractivity contribution in [3.63, 3.8) is 0 Å². The van der Waals surface area contributed by atoms with E-state index in [1.807, 2.05) is 0 Å². The fourth-order valence-corrected chi connectivity index (χ4v) is 4.70. The zero-order valence-corrected chi connectivity index (χ0v) is 23.6. The van der Waals surface area contributed by atoms with Gasteiger partial charge in [0, 0.05) is 25.4 Å². The summed E-state index contributed by atoms with van der Waals surface area (Å²) in [5.41, 5.74) is 5.91. The van der Waals surface area contributed by atoms with Gasteiger partial charge in [0.25, 0.3) is 0 Å². The second kappa shape index (κ2) is 19.7. The molecule has 0 saturated carbocycles. The van der Waals surface area contributed by atoms with Crippen molar-refractivity contribution in [2.24, 2.45) is 0 Å². The minimum absolute atomic E-state index is 0.0242. The molecule has 0 unspecified atom stereocenters. The molecule has 0 heterocycles. The third kappa shape index (κ3) is 16.2. The first-order valence-electron chi connectivity index (χ1n) is 13.6. The molecule has 1 rings (SSSR count). The van der Waals surface area contributed by atoms with E-state index >= 15 is 0 Å². The molecular formula is C26H47N5O5S. The minimum atomic E-state index is -3.49. The van der Waals surface area contributed by atoms with Gasteiger partial charge in [0.05, 0.1) is 11.4 Å². The van der Waals surface area contributed by atoms with E-state index in [0.29, 0.717) is 37.6 Å². The number of anilines is 2. The second-order valence-corrected chi connectivity index (χ2v) is 10.8. The summed E-state index contributed by atoms with van der Waals surface area (Å²) in [6, 6.07) is 6.36. The summed E-state index contributed by atoms with van der Waals surface area (Å²) in [6.45, 7) is 10.6. The van der Waals surface area contributed by atoms with E-state index < -0.39 is 21.8 Å². The number of hydrazine groups is 1. The van der Waals surface area contributed by atoms with Gasteiger partial charge in [0.2, 0.25) is 10.0 Å².